The molecule has 2 atom stereocenters. The second-order valence-electron chi connectivity index (χ2n) is 4.36. The molecule has 98 valence electrons. The van der Waals surface area contributed by atoms with Gasteiger partial charge in [-0.2, -0.15) is 5.26 Å². The summed E-state index contributed by atoms with van der Waals surface area (Å²) in [4.78, 5) is 0. The van der Waals surface area contributed by atoms with E-state index in [-0.39, 0.29) is 15.6 Å². The van der Waals surface area contributed by atoms with Crippen molar-refractivity contribution in [2.75, 3.05) is 0 Å². The molecule has 1 aromatic rings. The molecule has 0 aliphatic carbocycles. The molecule has 0 aliphatic heterocycles. The third kappa shape index (κ3) is 2.95. The van der Waals surface area contributed by atoms with Crippen LogP contribution >= 0.6 is 23.2 Å². The van der Waals surface area contributed by atoms with Crippen molar-refractivity contribution in [3.63, 3.8) is 0 Å². The Morgan fingerprint density at radius 3 is 2.56 bits per heavy atom. The average Bonchev–Trinajstić information content (AvgIpc) is 2.30. The van der Waals surface area contributed by atoms with Crippen LogP contribution in [0, 0.1) is 23.1 Å². The first-order valence-electron chi connectivity index (χ1n) is 5.61. The molecule has 0 saturated heterocycles. The van der Waals surface area contributed by atoms with E-state index in [0.717, 1.165) is 12.5 Å². The molecule has 1 rings (SSSR count). The van der Waals surface area contributed by atoms with Crippen molar-refractivity contribution in [1.82, 2.24) is 0 Å². The number of nitrogens with zero attached hydrogens (tertiary/aromatic N) is 1. The summed E-state index contributed by atoms with van der Waals surface area (Å²) in [5, 5.41) is 19.6. The summed E-state index contributed by atoms with van der Waals surface area (Å²) in [5.41, 5.74) is -1.32. The number of hydrogen-bond donors (Lipinski definition) is 1. The largest absolute Gasteiger partial charge is 0.384 e. The first-order chi connectivity index (χ1) is 8.34. The van der Waals surface area contributed by atoms with Gasteiger partial charge in [0.1, 0.15) is 11.4 Å². The highest BCUT2D eigenvalue weighted by Gasteiger charge is 2.35. The number of rotatable bonds is 4. The summed E-state index contributed by atoms with van der Waals surface area (Å²) in [6, 6.07) is 4.37. The SMILES string of the molecule is CCCC(C#N)C(C)(O)c1cc(F)c(Cl)cc1Cl. The number of benzene rings is 1. The maximum absolute atomic E-state index is 13.5. The Bertz CT molecular complexity index is 483. The molecule has 2 nitrogen and oxygen atoms in total. The predicted molar refractivity (Wildman–Crippen MR) is 70.0 cm³/mol. The van der Waals surface area contributed by atoms with Gasteiger partial charge in [0.25, 0.3) is 0 Å². The fraction of sp³-hybridized carbons (Fsp3) is 0.462. The molecule has 0 aliphatic rings. The van der Waals surface area contributed by atoms with Crippen LogP contribution in [0.5, 0.6) is 0 Å². The minimum absolute atomic E-state index is 0.108. The lowest BCUT2D eigenvalue weighted by atomic mass is 9.81. The fourth-order valence-electron chi connectivity index (χ4n) is 1.86. The molecule has 1 N–H and O–H groups in total. The van der Waals surface area contributed by atoms with E-state index in [1.54, 1.807) is 0 Å². The second kappa shape index (κ2) is 5.88. The minimum atomic E-state index is -1.51. The summed E-state index contributed by atoms with van der Waals surface area (Å²) in [5.74, 6) is -1.31. The summed E-state index contributed by atoms with van der Waals surface area (Å²) in [6.45, 7) is 3.37. The average molecular weight is 290 g/mol. The zero-order valence-corrected chi connectivity index (χ0v) is 11.7. The van der Waals surface area contributed by atoms with E-state index in [0.29, 0.717) is 6.42 Å². The summed E-state index contributed by atoms with van der Waals surface area (Å²) in [6.07, 6.45) is 1.24. The normalized spacial score (nSPS) is 15.8. The molecule has 0 amide bonds. The first kappa shape index (κ1) is 15.2. The van der Waals surface area contributed by atoms with Crippen molar-refractivity contribution in [3.8, 4) is 6.07 Å². The number of nitriles is 1. The van der Waals surface area contributed by atoms with Crippen molar-refractivity contribution >= 4 is 23.2 Å². The monoisotopic (exact) mass is 289 g/mol. The summed E-state index contributed by atoms with van der Waals surface area (Å²) >= 11 is 11.6. The molecule has 1 aromatic carbocycles. The molecule has 0 radical (unpaired) electrons. The molecule has 2 unspecified atom stereocenters. The van der Waals surface area contributed by atoms with Gasteiger partial charge in [-0.05, 0) is 25.5 Å². The zero-order chi connectivity index (χ0) is 13.9. The van der Waals surface area contributed by atoms with Crippen molar-refractivity contribution in [3.05, 3.63) is 33.6 Å². The van der Waals surface area contributed by atoms with Crippen LogP contribution in [0.3, 0.4) is 0 Å². The van der Waals surface area contributed by atoms with Gasteiger partial charge in [-0.15, -0.1) is 0 Å². The molecule has 0 saturated carbocycles. The smallest absolute Gasteiger partial charge is 0.142 e. The Labute approximate surface area is 116 Å². The van der Waals surface area contributed by atoms with Crippen LogP contribution in [0.25, 0.3) is 0 Å². The molecular weight excluding hydrogens is 276 g/mol. The number of halogens is 3. The van der Waals surface area contributed by atoms with Gasteiger partial charge in [0.15, 0.2) is 0 Å². The molecule has 0 aromatic heterocycles. The van der Waals surface area contributed by atoms with E-state index >= 15 is 0 Å². The van der Waals surface area contributed by atoms with Crippen LogP contribution in [-0.2, 0) is 5.60 Å². The first-order valence-corrected chi connectivity index (χ1v) is 6.37. The number of aliphatic hydroxyl groups is 1. The quantitative estimate of drug-likeness (QED) is 0.841. The van der Waals surface area contributed by atoms with E-state index in [9.17, 15) is 9.50 Å². The highest BCUT2D eigenvalue weighted by molar-refractivity contribution is 6.35. The topological polar surface area (TPSA) is 44.0 Å². The van der Waals surface area contributed by atoms with Crippen LogP contribution in [0.4, 0.5) is 4.39 Å². The highest BCUT2D eigenvalue weighted by Crippen LogP contribution is 2.38. The minimum Gasteiger partial charge on any atom is -0.384 e. The van der Waals surface area contributed by atoms with Crippen molar-refractivity contribution in [2.45, 2.75) is 32.3 Å². The molecule has 0 fully saturated rings. The van der Waals surface area contributed by atoms with Gasteiger partial charge in [0.2, 0.25) is 0 Å². The lowest BCUT2D eigenvalue weighted by molar-refractivity contribution is 0.0129. The van der Waals surface area contributed by atoms with E-state index < -0.39 is 17.3 Å². The Hall–Kier alpha value is -0.820. The van der Waals surface area contributed by atoms with E-state index in [1.807, 2.05) is 13.0 Å². The van der Waals surface area contributed by atoms with Gasteiger partial charge in [-0.3, -0.25) is 0 Å². The third-order valence-electron chi connectivity index (χ3n) is 2.97. The van der Waals surface area contributed by atoms with Crippen LogP contribution in [0.2, 0.25) is 10.0 Å². The van der Waals surface area contributed by atoms with Crippen molar-refractivity contribution in [2.24, 2.45) is 5.92 Å². The Kier molecular flexibility index (Phi) is 4.98. The van der Waals surface area contributed by atoms with E-state index in [4.69, 9.17) is 28.5 Å². The maximum atomic E-state index is 13.5. The Morgan fingerprint density at radius 1 is 1.44 bits per heavy atom. The van der Waals surface area contributed by atoms with Crippen molar-refractivity contribution in [1.29, 1.82) is 5.26 Å². The molecule has 0 spiro atoms. The lowest BCUT2D eigenvalue weighted by Gasteiger charge is -2.29. The summed E-state index contributed by atoms with van der Waals surface area (Å²) < 4.78 is 13.5. The van der Waals surface area contributed by atoms with Crippen LogP contribution in [0.15, 0.2) is 12.1 Å². The van der Waals surface area contributed by atoms with Gasteiger partial charge in [-0.25, -0.2) is 4.39 Å². The van der Waals surface area contributed by atoms with Gasteiger partial charge >= 0.3 is 0 Å². The number of hydrogen-bond acceptors (Lipinski definition) is 2. The van der Waals surface area contributed by atoms with Gasteiger partial charge in [0, 0.05) is 10.6 Å². The van der Waals surface area contributed by atoms with E-state index in [1.165, 1.54) is 13.0 Å². The Morgan fingerprint density at radius 2 is 2.06 bits per heavy atom. The molecular formula is C13H14Cl2FNO. The van der Waals surface area contributed by atoms with Crippen LogP contribution in [0.1, 0.15) is 32.3 Å². The van der Waals surface area contributed by atoms with Crippen LogP contribution < -0.4 is 0 Å². The zero-order valence-electron chi connectivity index (χ0n) is 10.2. The maximum Gasteiger partial charge on any atom is 0.142 e. The Balaban J connectivity index is 3.27. The second-order valence-corrected chi connectivity index (χ2v) is 5.18. The van der Waals surface area contributed by atoms with Gasteiger partial charge in [0.05, 0.1) is 17.0 Å². The van der Waals surface area contributed by atoms with Gasteiger partial charge < -0.3 is 5.11 Å². The fourth-order valence-corrected chi connectivity index (χ4v) is 2.43. The molecule has 0 heterocycles. The van der Waals surface area contributed by atoms with Crippen molar-refractivity contribution < 1.29 is 9.50 Å². The summed E-state index contributed by atoms with van der Waals surface area (Å²) in [7, 11) is 0. The molecule has 0 bridgehead atoms. The van der Waals surface area contributed by atoms with E-state index in [2.05, 4.69) is 0 Å². The third-order valence-corrected chi connectivity index (χ3v) is 3.57. The predicted octanol–water partition coefficient (Wildman–Crippen LogP) is 4.28. The van der Waals surface area contributed by atoms with Crippen LogP contribution in [-0.4, -0.2) is 5.11 Å². The van der Waals surface area contributed by atoms with Gasteiger partial charge in [-0.1, -0.05) is 36.5 Å². The molecule has 18 heavy (non-hydrogen) atoms. The lowest BCUT2D eigenvalue weighted by Crippen LogP contribution is -2.31. The standard InChI is InChI=1S/C13H14Cl2FNO/c1-3-4-8(7-17)13(2,18)9-5-12(16)11(15)6-10(9)14/h5-6,8,18H,3-4H2,1-2H3. The highest BCUT2D eigenvalue weighted by atomic mass is 35.5. The molecule has 5 heteroatoms.